The highest BCUT2D eigenvalue weighted by Crippen LogP contribution is 2.41. The van der Waals surface area contributed by atoms with Crippen molar-refractivity contribution in [1.29, 1.82) is 0 Å². The van der Waals surface area contributed by atoms with Crippen LogP contribution in [0.1, 0.15) is 31.2 Å². The van der Waals surface area contributed by atoms with Crippen molar-refractivity contribution in [1.82, 2.24) is 4.90 Å². The molecule has 6 nitrogen and oxygen atoms in total. The first-order chi connectivity index (χ1) is 12.9. The highest BCUT2D eigenvalue weighted by molar-refractivity contribution is 5.85. The average Bonchev–Trinajstić information content (AvgIpc) is 3.45. The monoisotopic (exact) mass is 416 g/mol. The summed E-state index contributed by atoms with van der Waals surface area (Å²) in [7, 11) is 0. The lowest BCUT2D eigenvalue weighted by molar-refractivity contribution is -0.138. The van der Waals surface area contributed by atoms with Gasteiger partial charge in [-0.15, -0.1) is 12.4 Å². The quantitative estimate of drug-likeness (QED) is 0.653. The van der Waals surface area contributed by atoms with Crippen molar-refractivity contribution in [2.75, 3.05) is 26.2 Å². The third-order valence-electron chi connectivity index (χ3n) is 5.12. The van der Waals surface area contributed by atoms with Gasteiger partial charge in [0.05, 0.1) is 13.2 Å². The Morgan fingerprint density at radius 2 is 2.00 bits per heavy atom. The lowest BCUT2D eigenvalue weighted by Crippen LogP contribution is -2.43. The van der Waals surface area contributed by atoms with Crippen LogP contribution in [0.15, 0.2) is 18.2 Å². The molecule has 1 saturated heterocycles. The van der Waals surface area contributed by atoms with Crippen LogP contribution in [-0.2, 0) is 10.3 Å². The van der Waals surface area contributed by atoms with Gasteiger partial charge in [-0.2, -0.15) is 8.78 Å². The van der Waals surface area contributed by atoms with Crippen molar-refractivity contribution in [3.8, 4) is 11.5 Å². The van der Waals surface area contributed by atoms with Crippen LogP contribution in [0.4, 0.5) is 8.78 Å². The van der Waals surface area contributed by atoms with Gasteiger partial charge in [0.2, 0.25) is 0 Å². The first-order valence-electron chi connectivity index (χ1n) is 8.97. The molecule has 1 N–H and O–H groups in total. The minimum absolute atomic E-state index is 0. The van der Waals surface area contributed by atoms with Gasteiger partial charge in [0.25, 0.3) is 5.54 Å². The van der Waals surface area contributed by atoms with Gasteiger partial charge in [-0.05, 0) is 37.0 Å². The summed E-state index contributed by atoms with van der Waals surface area (Å²) in [6.45, 7) is 6.13. The fourth-order valence-electron chi connectivity index (χ4n) is 3.33. The van der Waals surface area contributed by atoms with Gasteiger partial charge in [0, 0.05) is 31.5 Å². The molecule has 1 aromatic rings. The molecule has 28 heavy (non-hydrogen) atoms. The summed E-state index contributed by atoms with van der Waals surface area (Å²) >= 11 is 0. The molecule has 0 amide bonds. The van der Waals surface area contributed by atoms with Gasteiger partial charge in [-0.1, -0.05) is 0 Å². The molecule has 1 heterocycles. The van der Waals surface area contributed by atoms with Crippen LogP contribution in [-0.4, -0.2) is 48.8 Å². The van der Waals surface area contributed by atoms with Crippen LogP contribution in [0.2, 0.25) is 0 Å². The number of hydrogen-bond donors (Lipinski definition) is 1. The summed E-state index contributed by atoms with van der Waals surface area (Å²) in [5.74, 6) is -0.245. The number of hydrogen-bond acceptors (Lipinski definition) is 4. The predicted molar refractivity (Wildman–Crippen MR) is 100 cm³/mol. The minimum atomic E-state index is -2.95. The lowest BCUT2D eigenvalue weighted by Gasteiger charge is -2.33. The van der Waals surface area contributed by atoms with Gasteiger partial charge in [0.1, 0.15) is 0 Å². The molecule has 0 bridgehead atoms. The maximum atomic E-state index is 12.7. The topological polar surface area (TPSA) is 63.4 Å². The number of carbonyl (C=O) groups is 1. The molecular formula is C19H23ClF2N2O4. The summed E-state index contributed by atoms with van der Waals surface area (Å²) in [4.78, 5) is 16.5. The second-order valence-corrected chi connectivity index (χ2v) is 7.11. The smallest absolute Gasteiger partial charge is 0.387 e. The van der Waals surface area contributed by atoms with E-state index in [1.54, 1.807) is 17.0 Å². The molecule has 1 aliphatic carbocycles. The summed E-state index contributed by atoms with van der Waals surface area (Å²) in [6, 6.07) is 4.69. The van der Waals surface area contributed by atoms with Gasteiger partial charge in [-0.25, -0.2) is 6.57 Å². The third kappa shape index (κ3) is 5.46. The Kier molecular flexibility index (Phi) is 7.44. The number of likely N-dealkylation sites (tertiary alicyclic amines) is 1. The van der Waals surface area contributed by atoms with Gasteiger partial charge in [0.15, 0.2) is 11.5 Å². The van der Waals surface area contributed by atoms with E-state index in [-0.39, 0.29) is 30.5 Å². The molecule has 0 atom stereocenters. The van der Waals surface area contributed by atoms with E-state index in [0.29, 0.717) is 44.0 Å². The highest BCUT2D eigenvalue weighted by Gasteiger charge is 2.43. The zero-order valence-corrected chi connectivity index (χ0v) is 16.1. The average molecular weight is 417 g/mol. The van der Waals surface area contributed by atoms with Crippen molar-refractivity contribution >= 4 is 18.4 Å². The molecule has 154 valence electrons. The Morgan fingerprint density at radius 1 is 1.32 bits per heavy atom. The number of aliphatic carboxylic acids is 1. The first-order valence-corrected chi connectivity index (χ1v) is 8.97. The molecule has 0 radical (unpaired) electrons. The van der Waals surface area contributed by atoms with Crippen molar-refractivity contribution < 1.29 is 28.2 Å². The molecule has 0 unspecified atom stereocenters. The van der Waals surface area contributed by atoms with E-state index in [2.05, 4.69) is 9.58 Å². The van der Waals surface area contributed by atoms with E-state index in [1.807, 2.05) is 0 Å². The van der Waals surface area contributed by atoms with Crippen molar-refractivity contribution in [2.45, 2.75) is 37.8 Å². The van der Waals surface area contributed by atoms with Crippen molar-refractivity contribution in [3.05, 3.63) is 35.2 Å². The number of carboxylic acid groups (broad SMARTS) is 1. The standard InChI is InChI=1S/C19H22F2N2O4.ClH/c1-22-19(6-8-23(9-7-19)11-17(24)25)14-4-5-15(27-18(20)21)16(10-14)26-12-13-2-3-13;/h4-5,10,13,18H,2-3,6-9,11-12H2,(H,24,25);1H. The number of piperidine rings is 1. The van der Waals surface area contributed by atoms with Gasteiger partial charge < -0.3 is 19.4 Å². The van der Waals surface area contributed by atoms with E-state index < -0.39 is 18.1 Å². The van der Waals surface area contributed by atoms with Crippen LogP contribution >= 0.6 is 12.4 Å². The van der Waals surface area contributed by atoms with E-state index >= 15 is 0 Å². The number of carboxylic acids is 1. The lowest BCUT2D eigenvalue weighted by atomic mass is 9.81. The van der Waals surface area contributed by atoms with Crippen LogP contribution < -0.4 is 9.47 Å². The number of alkyl halides is 2. The zero-order valence-electron chi connectivity index (χ0n) is 15.3. The molecule has 2 aliphatic rings. The van der Waals surface area contributed by atoms with E-state index in [0.717, 1.165) is 12.8 Å². The molecule has 3 rings (SSSR count). The number of nitrogens with zero attached hydrogens (tertiary/aromatic N) is 2. The minimum Gasteiger partial charge on any atom is -0.489 e. The fraction of sp³-hybridized carbons (Fsp3) is 0.579. The molecular weight excluding hydrogens is 394 g/mol. The largest absolute Gasteiger partial charge is 0.489 e. The van der Waals surface area contributed by atoms with Crippen molar-refractivity contribution in [2.24, 2.45) is 5.92 Å². The van der Waals surface area contributed by atoms with Crippen LogP contribution in [0.25, 0.3) is 4.85 Å². The second-order valence-electron chi connectivity index (χ2n) is 7.11. The van der Waals surface area contributed by atoms with Crippen molar-refractivity contribution in [3.63, 3.8) is 0 Å². The number of rotatable bonds is 8. The van der Waals surface area contributed by atoms with E-state index in [1.165, 1.54) is 6.07 Å². The Bertz CT molecular complexity index is 729. The van der Waals surface area contributed by atoms with Crippen LogP contribution in [0, 0.1) is 12.5 Å². The predicted octanol–water partition coefficient (Wildman–Crippen LogP) is 3.79. The second kappa shape index (κ2) is 9.39. The molecule has 9 heteroatoms. The Balaban J connectivity index is 0.00000280. The van der Waals surface area contributed by atoms with Crippen LogP contribution in [0.5, 0.6) is 11.5 Å². The molecule has 2 fully saturated rings. The summed E-state index contributed by atoms with van der Waals surface area (Å²) < 4.78 is 35.6. The fourth-order valence-corrected chi connectivity index (χ4v) is 3.33. The van der Waals surface area contributed by atoms with Gasteiger partial charge in [-0.3, -0.25) is 9.69 Å². The highest BCUT2D eigenvalue weighted by atomic mass is 35.5. The normalized spacial score (nSPS) is 18.8. The van der Waals surface area contributed by atoms with E-state index in [9.17, 15) is 13.6 Å². The molecule has 0 aromatic heterocycles. The first kappa shape index (κ1) is 22.2. The molecule has 1 aliphatic heterocycles. The zero-order chi connectivity index (χ0) is 19.4. The molecule has 0 spiro atoms. The maximum absolute atomic E-state index is 12.7. The summed E-state index contributed by atoms with van der Waals surface area (Å²) in [6.07, 6.45) is 3.08. The summed E-state index contributed by atoms with van der Waals surface area (Å²) in [5.41, 5.74) is -0.115. The maximum Gasteiger partial charge on any atom is 0.387 e. The Labute approximate surface area is 168 Å². The number of halogens is 3. The third-order valence-corrected chi connectivity index (χ3v) is 5.12. The molecule has 1 saturated carbocycles. The Morgan fingerprint density at radius 3 is 2.54 bits per heavy atom. The van der Waals surface area contributed by atoms with Crippen LogP contribution in [0.3, 0.4) is 0 Å². The Hall–Kier alpha value is -2.11. The van der Waals surface area contributed by atoms with E-state index in [4.69, 9.17) is 16.4 Å². The number of benzene rings is 1. The summed E-state index contributed by atoms with van der Waals surface area (Å²) in [5, 5.41) is 8.92. The SMILES string of the molecule is Cl.[C-]#[N+]C1(c2ccc(OC(F)F)c(OCC3CC3)c2)CCN(CC(=O)O)CC1. The molecule has 1 aromatic carbocycles. The number of ether oxygens (including phenoxy) is 2. The van der Waals surface area contributed by atoms with Gasteiger partial charge >= 0.3 is 12.6 Å².